The van der Waals surface area contributed by atoms with Gasteiger partial charge in [-0.3, -0.25) is 0 Å². The molecule has 0 fully saturated rings. The van der Waals surface area contributed by atoms with Crippen molar-refractivity contribution in [1.29, 1.82) is 0 Å². The third-order valence-corrected chi connectivity index (χ3v) is 4.22. The van der Waals surface area contributed by atoms with Crippen molar-refractivity contribution >= 4 is 10.2 Å². The maximum Gasteiger partial charge on any atom is 0.276 e. The lowest BCUT2D eigenvalue weighted by Crippen LogP contribution is -2.39. The zero-order valence-corrected chi connectivity index (χ0v) is 12.5. The molecule has 0 saturated carbocycles. The van der Waals surface area contributed by atoms with Crippen molar-refractivity contribution in [2.45, 2.75) is 6.04 Å². The lowest BCUT2D eigenvalue weighted by molar-refractivity contribution is 0.174. The van der Waals surface area contributed by atoms with Gasteiger partial charge in [0.1, 0.15) is 0 Å². The van der Waals surface area contributed by atoms with Crippen molar-refractivity contribution in [3.8, 4) is 11.5 Å². The first-order valence-electron chi connectivity index (χ1n) is 6.17. The van der Waals surface area contributed by atoms with Crippen LogP contribution in [0.25, 0.3) is 0 Å². The predicted molar refractivity (Wildman–Crippen MR) is 75.0 cm³/mol. The molecule has 7 nitrogen and oxygen atoms in total. The fraction of sp³-hybridized carbons (Fsp3) is 0.500. The van der Waals surface area contributed by atoms with Gasteiger partial charge < -0.3 is 14.4 Å². The average Bonchev–Trinajstić information content (AvgIpc) is 2.86. The molecule has 0 spiro atoms. The largest absolute Gasteiger partial charge is 0.454 e. The highest BCUT2D eigenvalue weighted by Gasteiger charge is 2.21. The molecule has 1 unspecified atom stereocenters. The summed E-state index contributed by atoms with van der Waals surface area (Å²) in [6.07, 6.45) is 0. The second kappa shape index (κ2) is 5.96. The van der Waals surface area contributed by atoms with E-state index in [1.54, 1.807) is 0 Å². The molecule has 1 aromatic rings. The summed E-state index contributed by atoms with van der Waals surface area (Å²) >= 11 is 0. The first kappa shape index (κ1) is 15.0. The molecule has 20 heavy (non-hydrogen) atoms. The van der Waals surface area contributed by atoms with Crippen molar-refractivity contribution in [3.05, 3.63) is 23.8 Å². The van der Waals surface area contributed by atoms with Gasteiger partial charge in [0.15, 0.2) is 11.5 Å². The van der Waals surface area contributed by atoms with Crippen molar-refractivity contribution in [3.63, 3.8) is 0 Å². The van der Waals surface area contributed by atoms with Crippen LogP contribution in [0.1, 0.15) is 11.6 Å². The number of rotatable bonds is 6. The zero-order chi connectivity index (χ0) is 14.8. The van der Waals surface area contributed by atoms with Gasteiger partial charge in [0.25, 0.3) is 10.2 Å². The molecule has 0 aromatic heterocycles. The Morgan fingerprint density at radius 3 is 2.65 bits per heavy atom. The fourth-order valence-electron chi connectivity index (χ4n) is 1.98. The number of hydrogen-bond donors (Lipinski definition) is 2. The molecular weight excluding hydrogens is 282 g/mol. The van der Waals surface area contributed by atoms with Crippen molar-refractivity contribution in [1.82, 2.24) is 14.3 Å². The monoisotopic (exact) mass is 301 g/mol. The van der Waals surface area contributed by atoms with E-state index in [0.717, 1.165) is 5.56 Å². The minimum absolute atomic E-state index is 0.104. The van der Waals surface area contributed by atoms with Gasteiger partial charge in [-0.05, 0) is 31.8 Å². The number of likely N-dealkylation sites (N-methyl/N-ethyl adjacent to an activating group) is 1. The summed E-state index contributed by atoms with van der Waals surface area (Å²) in [6, 6.07) is 5.51. The molecule has 2 rings (SSSR count). The standard InChI is InChI=1S/C12H19N3O4S/c1-13-20(16,17)14-7-10(15(2)3)9-4-5-11-12(6-9)19-8-18-11/h4-6,10,13-14H,7-8H2,1-3H3. The van der Waals surface area contributed by atoms with Crippen LogP contribution >= 0.6 is 0 Å². The Morgan fingerprint density at radius 2 is 2.00 bits per heavy atom. The van der Waals surface area contributed by atoms with E-state index < -0.39 is 10.2 Å². The highest BCUT2D eigenvalue weighted by atomic mass is 32.2. The van der Waals surface area contributed by atoms with Gasteiger partial charge in [0.05, 0.1) is 0 Å². The molecule has 1 atom stereocenters. The van der Waals surface area contributed by atoms with Gasteiger partial charge in [-0.15, -0.1) is 0 Å². The molecule has 0 radical (unpaired) electrons. The molecular formula is C12H19N3O4S. The van der Waals surface area contributed by atoms with E-state index in [9.17, 15) is 8.42 Å². The van der Waals surface area contributed by atoms with Crippen molar-refractivity contribution in [2.75, 3.05) is 34.5 Å². The van der Waals surface area contributed by atoms with E-state index in [1.807, 2.05) is 37.2 Å². The first-order chi connectivity index (χ1) is 9.43. The number of nitrogens with one attached hydrogen (secondary N) is 2. The van der Waals surface area contributed by atoms with Crippen LogP contribution in [0.2, 0.25) is 0 Å². The molecule has 112 valence electrons. The Bertz CT molecular complexity index is 574. The van der Waals surface area contributed by atoms with E-state index in [-0.39, 0.29) is 19.4 Å². The summed E-state index contributed by atoms with van der Waals surface area (Å²) in [7, 11) is 1.70. The Labute approximate surface area is 119 Å². The number of benzene rings is 1. The van der Waals surface area contributed by atoms with Gasteiger partial charge in [0, 0.05) is 19.6 Å². The van der Waals surface area contributed by atoms with E-state index in [2.05, 4.69) is 9.44 Å². The molecule has 0 bridgehead atoms. The number of nitrogens with zero attached hydrogens (tertiary/aromatic N) is 1. The molecule has 1 heterocycles. The maximum absolute atomic E-state index is 11.5. The minimum Gasteiger partial charge on any atom is -0.454 e. The van der Waals surface area contributed by atoms with Crippen LogP contribution in [-0.2, 0) is 10.2 Å². The fourth-order valence-corrected chi connectivity index (χ4v) is 2.50. The summed E-state index contributed by atoms with van der Waals surface area (Å²) < 4.78 is 38.3. The van der Waals surface area contributed by atoms with Gasteiger partial charge in [-0.25, -0.2) is 9.44 Å². The van der Waals surface area contributed by atoms with Gasteiger partial charge >= 0.3 is 0 Å². The quantitative estimate of drug-likeness (QED) is 0.777. The Morgan fingerprint density at radius 1 is 1.30 bits per heavy atom. The van der Waals surface area contributed by atoms with Gasteiger partial charge in [-0.1, -0.05) is 6.07 Å². The van der Waals surface area contributed by atoms with Gasteiger partial charge in [0.2, 0.25) is 6.79 Å². The van der Waals surface area contributed by atoms with E-state index in [1.165, 1.54) is 7.05 Å². The van der Waals surface area contributed by atoms with Crippen LogP contribution in [-0.4, -0.2) is 47.8 Å². The van der Waals surface area contributed by atoms with Crippen LogP contribution in [0, 0.1) is 0 Å². The highest BCUT2D eigenvalue weighted by molar-refractivity contribution is 7.87. The topological polar surface area (TPSA) is 79.9 Å². The van der Waals surface area contributed by atoms with Crippen LogP contribution < -0.4 is 18.9 Å². The van der Waals surface area contributed by atoms with Crippen LogP contribution in [0.15, 0.2) is 18.2 Å². The molecule has 0 aliphatic carbocycles. The molecule has 8 heteroatoms. The van der Waals surface area contributed by atoms with Crippen molar-refractivity contribution < 1.29 is 17.9 Å². The maximum atomic E-state index is 11.5. The first-order valence-corrected chi connectivity index (χ1v) is 7.65. The second-order valence-electron chi connectivity index (χ2n) is 4.65. The number of fused-ring (bicyclic) bond motifs is 1. The lowest BCUT2D eigenvalue weighted by atomic mass is 10.1. The van der Waals surface area contributed by atoms with E-state index in [4.69, 9.17) is 9.47 Å². The Kier molecular flexibility index (Phi) is 4.48. The molecule has 1 aliphatic heterocycles. The zero-order valence-electron chi connectivity index (χ0n) is 11.7. The number of hydrogen-bond acceptors (Lipinski definition) is 5. The average molecular weight is 301 g/mol. The summed E-state index contributed by atoms with van der Waals surface area (Å²) in [5, 5.41) is 0. The summed E-state index contributed by atoms with van der Waals surface area (Å²) in [5.41, 5.74) is 0.957. The third-order valence-electron chi connectivity index (χ3n) is 3.14. The second-order valence-corrected chi connectivity index (χ2v) is 6.35. The van der Waals surface area contributed by atoms with Crippen molar-refractivity contribution in [2.24, 2.45) is 0 Å². The van der Waals surface area contributed by atoms with Crippen LogP contribution in [0.5, 0.6) is 11.5 Å². The van der Waals surface area contributed by atoms with Crippen LogP contribution in [0.4, 0.5) is 0 Å². The van der Waals surface area contributed by atoms with Gasteiger partial charge in [-0.2, -0.15) is 8.42 Å². The molecule has 1 aromatic carbocycles. The SMILES string of the molecule is CNS(=O)(=O)NCC(c1ccc2c(c1)OCO2)N(C)C. The highest BCUT2D eigenvalue weighted by Crippen LogP contribution is 2.34. The van der Waals surface area contributed by atoms with E-state index >= 15 is 0 Å². The third kappa shape index (κ3) is 3.40. The number of ether oxygens (including phenoxy) is 2. The molecule has 0 saturated heterocycles. The Balaban J connectivity index is 2.16. The Hall–Kier alpha value is -1.35. The predicted octanol–water partition coefficient (Wildman–Crippen LogP) is 0.0718. The summed E-state index contributed by atoms with van der Waals surface area (Å²) in [4.78, 5) is 1.94. The smallest absolute Gasteiger partial charge is 0.276 e. The molecule has 2 N–H and O–H groups in total. The summed E-state index contributed by atoms with van der Waals surface area (Å²) in [5.74, 6) is 1.40. The van der Waals surface area contributed by atoms with Crippen LogP contribution in [0.3, 0.4) is 0 Å². The summed E-state index contributed by atoms with van der Waals surface area (Å²) in [6.45, 7) is 0.480. The minimum atomic E-state index is -3.45. The molecule has 1 aliphatic rings. The lowest BCUT2D eigenvalue weighted by Gasteiger charge is -2.25. The van der Waals surface area contributed by atoms with E-state index in [0.29, 0.717) is 11.5 Å². The normalized spacial score (nSPS) is 15.6. The molecule has 0 amide bonds.